The number of aliphatic hydroxyl groups excluding tert-OH is 1. The molecule has 452 valence electrons. The van der Waals surface area contributed by atoms with Crippen molar-refractivity contribution < 1.29 is 32.9 Å². The largest absolute Gasteiger partial charge is 0.472 e. The van der Waals surface area contributed by atoms with Gasteiger partial charge in [0.05, 0.1) is 39.9 Å². The summed E-state index contributed by atoms with van der Waals surface area (Å²) < 4.78 is 23.7. The number of rotatable bonds is 61. The zero-order chi connectivity index (χ0) is 56.3. The van der Waals surface area contributed by atoms with Gasteiger partial charge in [-0.05, 0) is 70.6 Å². The number of allylic oxidation sites excluding steroid dienone is 9. The molecule has 0 aliphatic carbocycles. The number of hydrogen-bond donors (Lipinski definition) is 3. The van der Waals surface area contributed by atoms with Gasteiger partial charge in [-0.15, -0.1) is 0 Å². The highest BCUT2D eigenvalue weighted by Crippen LogP contribution is 2.43. The second-order valence-corrected chi connectivity index (χ2v) is 25.3. The predicted molar refractivity (Wildman–Crippen MR) is 337 cm³/mol. The molecular formula is C68H130N2O6P+. The number of phosphoric acid groups is 1. The molecule has 3 unspecified atom stereocenters. The van der Waals surface area contributed by atoms with Gasteiger partial charge in [0.25, 0.3) is 0 Å². The number of unbranched alkanes of at least 4 members (excludes halogenated alkanes) is 40. The summed E-state index contributed by atoms with van der Waals surface area (Å²) in [7, 11) is 1.56. The number of phosphoric ester groups is 1. The van der Waals surface area contributed by atoms with Crippen molar-refractivity contribution in [3.05, 3.63) is 60.8 Å². The quantitative estimate of drug-likeness (QED) is 0.0243. The van der Waals surface area contributed by atoms with E-state index in [9.17, 15) is 19.4 Å². The Morgan fingerprint density at radius 1 is 0.442 bits per heavy atom. The molecule has 0 saturated carbocycles. The van der Waals surface area contributed by atoms with Gasteiger partial charge in [0.1, 0.15) is 13.2 Å². The first kappa shape index (κ1) is 75.2. The lowest BCUT2D eigenvalue weighted by atomic mass is 10.0. The van der Waals surface area contributed by atoms with Gasteiger partial charge in [-0.2, -0.15) is 0 Å². The van der Waals surface area contributed by atoms with E-state index in [0.29, 0.717) is 17.4 Å². The highest BCUT2D eigenvalue weighted by atomic mass is 31.2. The molecule has 0 fully saturated rings. The van der Waals surface area contributed by atoms with Gasteiger partial charge in [-0.3, -0.25) is 13.8 Å². The summed E-state index contributed by atoms with van der Waals surface area (Å²) in [4.78, 5) is 23.3. The molecule has 3 N–H and O–H groups in total. The molecule has 0 aromatic heterocycles. The summed E-state index contributed by atoms with van der Waals surface area (Å²) >= 11 is 0. The minimum Gasteiger partial charge on any atom is -0.387 e. The molecule has 77 heavy (non-hydrogen) atoms. The number of carbonyl (C=O) groups excluding carboxylic acids is 1. The van der Waals surface area contributed by atoms with Crippen LogP contribution < -0.4 is 5.32 Å². The Morgan fingerprint density at radius 3 is 1.13 bits per heavy atom. The third-order valence-corrected chi connectivity index (χ3v) is 15.9. The minimum absolute atomic E-state index is 0.0566. The van der Waals surface area contributed by atoms with Crippen molar-refractivity contribution in [3.63, 3.8) is 0 Å². The molecule has 0 bridgehead atoms. The van der Waals surface area contributed by atoms with Gasteiger partial charge in [-0.1, -0.05) is 299 Å². The Morgan fingerprint density at radius 2 is 0.753 bits per heavy atom. The van der Waals surface area contributed by atoms with Crippen LogP contribution in [0.5, 0.6) is 0 Å². The summed E-state index contributed by atoms with van der Waals surface area (Å²) in [5.41, 5.74) is 0. The lowest BCUT2D eigenvalue weighted by Crippen LogP contribution is -2.45. The smallest absolute Gasteiger partial charge is 0.387 e. The van der Waals surface area contributed by atoms with Gasteiger partial charge in [0.2, 0.25) is 5.91 Å². The monoisotopic (exact) mass is 1100 g/mol. The van der Waals surface area contributed by atoms with Gasteiger partial charge in [0.15, 0.2) is 0 Å². The SMILES string of the molecule is CCCCCCC/C=C\C/C=C\C/C=C\CCCCCCCCCCCCCCCCCCCCCCCCC(=O)NC(COP(=O)(O)OCC[N+](C)(C)C)C(O)/C=C/CC/C=C/CCCCCCCCCCCCCC. The van der Waals surface area contributed by atoms with Crippen molar-refractivity contribution in [2.45, 2.75) is 328 Å². The van der Waals surface area contributed by atoms with Crippen LogP contribution in [0, 0.1) is 0 Å². The van der Waals surface area contributed by atoms with Crippen LogP contribution in [-0.4, -0.2) is 73.4 Å². The van der Waals surface area contributed by atoms with Crippen LogP contribution in [0.1, 0.15) is 316 Å². The number of amides is 1. The van der Waals surface area contributed by atoms with Crippen LogP contribution in [0.2, 0.25) is 0 Å². The van der Waals surface area contributed by atoms with Crippen LogP contribution in [0.3, 0.4) is 0 Å². The average molecular weight is 1100 g/mol. The van der Waals surface area contributed by atoms with Crippen molar-refractivity contribution in [2.75, 3.05) is 40.9 Å². The molecule has 1 amide bonds. The Balaban J connectivity index is 4.00. The summed E-state index contributed by atoms with van der Waals surface area (Å²) in [5.74, 6) is -0.182. The number of aliphatic hydroxyl groups is 1. The molecule has 0 aromatic rings. The number of nitrogens with one attached hydrogen (secondary N) is 1. The van der Waals surface area contributed by atoms with E-state index in [1.165, 1.54) is 244 Å². The Bertz CT molecular complexity index is 1440. The van der Waals surface area contributed by atoms with Crippen molar-refractivity contribution in [1.29, 1.82) is 0 Å². The fourth-order valence-corrected chi connectivity index (χ4v) is 10.5. The lowest BCUT2D eigenvalue weighted by molar-refractivity contribution is -0.870. The van der Waals surface area contributed by atoms with Crippen LogP contribution in [0.25, 0.3) is 0 Å². The third-order valence-electron chi connectivity index (χ3n) is 15.0. The van der Waals surface area contributed by atoms with E-state index in [4.69, 9.17) is 9.05 Å². The maximum atomic E-state index is 13.0. The van der Waals surface area contributed by atoms with Crippen molar-refractivity contribution in [1.82, 2.24) is 5.32 Å². The summed E-state index contributed by atoms with van der Waals surface area (Å²) in [5, 5.41) is 13.9. The van der Waals surface area contributed by atoms with Gasteiger partial charge < -0.3 is 19.8 Å². The third kappa shape index (κ3) is 61.7. The summed E-state index contributed by atoms with van der Waals surface area (Å²) in [6.07, 6.45) is 80.8. The van der Waals surface area contributed by atoms with Crippen LogP contribution in [-0.2, 0) is 18.4 Å². The summed E-state index contributed by atoms with van der Waals surface area (Å²) in [6.45, 7) is 4.81. The molecule has 8 nitrogen and oxygen atoms in total. The van der Waals surface area contributed by atoms with Crippen molar-refractivity contribution in [2.24, 2.45) is 0 Å². The minimum atomic E-state index is -4.36. The zero-order valence-corrected chi connectivity index (χ0v) is 52.6. The van der Waals surface area contributed by atoms with E-state index in [-0.39, 0.29) is 19.1 Å². The van der Waals surface area contributed by atoms with Crippen LogP contribution in [0.4, 0.5) is 0 Å². The number of nitrogens with zero attached hydrogens (tertiary/aromatic N) is 1. The molecule has 0 aromatic carbocycles. The fraction of sp³-hybridized carbons (Fsp3) is 0.838. The first-order chi connectivity index (χ1) is 37.5. The molecule has 0 rings (SSSR count). The lowest BCUT2D eigenvalue weighted by Gasteiger charge is -2.25. The highest BCUT2D eigenvalue weighted by molar-refractivity contribution is 7.47. The molecular weight excluding hydrogens is 972 g/mol. The van der Waals surface area contributed by atoms with E-state index >= 15 is 0 Å². The Kier molecular flexibility index (Phi) is 57.5. The second-order valence-electron chi connectivity index (χ2n) is 23.8. The topological polar surface area (TPSA) is 105 Å². The highest BCUT2D eigenvalue weighted by Gasteiger charge is 2.28. The predicted octanol–water partition coefficient (Wildman–Crippen LogP) is 20.8. The molecule has 0 radical (unpaired) electrons. The number of quaternary nitrogens is 1. The second kappa shape index (κ2) is 58.8. The Hall–Kier alpha value is -1.80. The molecule has 0 aliphatic rings. The molecule has 3 atom stereocenters. The molecule has 0 spiro atoms. The number of hydrogen-bond acceptors (Lipinski definition) is 5. The van der Waals surface area contributed by atoms with Crippen LogP contribution in [0.15, 0.2) is 60.8 Å². The maximum Gasteiger partial charge on any atom is 0.472 e. The molecule has 0 saturated heterocycles. The normalized spacial score (nSPS) is 14.1. The molecule has 0 aliphatic heterocycles. The van der Waals surface area contributed by atoms with Gasteiger partial charge in [-0.25, -0.2) is 4.57 Å². The first-order valence-corrected chi connectivity index (χ1v) is 34.7. The molecule has 9 heteroatoms. The van der Waals surface area contributed by atoms with E-state index in [2.05, 4.69) is 67.8 Å². The van der Waals surface area contributed by atoms with E-state index < -0.39 is 20.0 Å². The van der Waals surface area contributed by atoms with Crippen molar-refractivity contribution in [3.8, 4) is 0 Å². The van der Waals surface area contributed by atoms with Crippen molar-refractivity contribution >= 4 is 13.7 Å². The molecule has 0 heterocycles. The standard InChI is InChI=1S/C68H129N2O6P/c1-6-8-10-12-14-16-18-20-22-24-26-27-28-29-30-31-32-33-34-35-36-37-38-39-40-41-42-43-44-46-48-50-52-54-56-58-60-62-68(72)69-66(65-76-77(73,74)75-64-63-70(3,4)5)67(71)61-59-57-55-53-51-49-47-45-25-23-21-19-17-15-13-11-9-7-2/h18,20,24,26,28-29,51,53,59,61,66-67,71H,6-17,19,21-23,25,27,30-50,52,54-58,60,62-65H2,1-5H3,(H-,69,72,73,74)/p+1/b20-18-,26-24-,29-28-,53-51+,61-59+. The van der Waals surface area contributed by atoms with Gasteiger partial charge in [0, 0.05) is 6.42 Å². The van der Waals surface area contributed by atoms with E-state index in [0.717, 1.165) is 51.4 Å². The van der Waals surface area contributed by atoms with E-state index in [1.54, 1.807) is 6.08 Å². The van der Waals surface area contributed by atoms with E-state index in [1.807, 2.05) is 27.2 Å². The zero-order valence-electron chi connectivity index (χ0n) is 51.7. The summed E-state index contributed by atoms with van der Waals surface area (Å²) in [6, 6.07) is -0.864. The van der Waals surface area contributed by atoms with Gasteiger partial charge >= 0.3 is 7.82 Å². The maximum absolute atomic E-state index is 13.0. The average Bonchev–Trinajstić information content (AvgIpc) is 3.39. The number of likely N-dealkylation sites (N-methyl/N-ethyl adjacent to an activating group) is 1. The first-order valence-electron chi connectivity index (χ1n) is 33.2. The Labute approximate surface area is 479 Å². The van der Waals surface area contributed by atoms with Crippen LogP contribution >= 0.6 is 7.82 Å². The fourth-order valence-electron chi connectivity index (χ4n) is 9.77. The number of carbonyl (C=O) groups is 1.